The van der Waals surface area contributed by atoms with Crippen LogP contribution < -0.4 is 15.6 Å². The molecule has 3 heterocycles. The fourth-order valence-corrected chi connectivity index (χ4v) is 4.61. The van der Waals surface area contributed by atoms with E-state index in [0.717, 1.165) is 34.1 Å². The Balaban J connectivity index is 1.57. The lowest BCUT2D eigenvalue weighted by molar-refractivity contribution is 0.582. The van der Waals surface area contributed by atoms with Crippen LogP contribution in [0.1, 0.15) is 17.2 Å². The van der Waals surface area contributed by atoms with Crippen molar-refractivity contribution < 1.29 is 8.42 Å². The molecule has 0 aliphatic rings. The standard InChI is InChI=1S/C25H25N7O3S/c1-16-12-18(32-11-10-26-15-32)13-20-23(16)31-24(30-20)22-19(8-9-27-25(22)33)29-21(14-28-36(2,34)35)17-6-4-3-5-7-17/h3-13,15,21,28H,14H2,1-2H3,(H,30,31)(H2,27,29,33). The number of aromatic nitrogens is 5. The van der Waals surface area contributed by atoms with Gasteiger partial charge in [0, 0.05) is 30.8 Å². The minimum Gasteiger partial charge on any atom is -0.376 e. The molecule has 0 fully saturated rings. The van der Waals surface area contributed by atoms with Crippen molar-refractivity contribution in [3.63, 3.8) is 0 Å². The van der Waals surface area contributed by atoms with Crippen molar-refractivity contribution in [3.8, 4) is 17.1 Å². The fraction of sp³-hybridized carbons (Fsp3) is 0.160. The summed E-state index contributed by atoms with van der Waals surface area (Å²) in [5, 5.41) is 3.35. The monoisotopic (exact) mass is 503 g/mol. The van der Waals surface area contributed by atoms with E-state index >= 15 is 0 Å². The second-order valence-electron chi connectivity index (χ2n) is 8.54. The minimum absolute atomic E-state index is 0.0998. The number of H-pyrrole nitrogens is 2. The van der Waals surface area contributed by atoms with Crippen LogP contribution in [0.3, 0.4) is 0 Å². The lowest BCUT2D eigenvalue weighted by Gasteiger charge is -2.21. The van der Waals surface area contributed by atoms with Crippen molar-refractivity contribution >= 4 is 26.7 Å². The molecule has 2 aromatic carbocycles. The highest BCUT2D eigenvalue weighted by Crippen LogP contribution is 2.29. The van der Waals surface area contributed by atoms with Gasteiger partial charge in [0.05, 0.1) is 35.3 Å². The first-order valence-electron chi connectivity index (χ1n) is 11.3. The van der Waals surface area contributed by atoms with Crippen LogP contribution in [0.25, 0.3) is 28.1 Å². The number of aromatic amines is 2. The molecule has 5 rings (SSSR count). The van der Waals surface area contributed by atoms with Gasteiger partial charge in [0.15, 0.2) is 0 Å². The fourth-order valence-electron chi connectivity index (χ4n) is 4.14. The van der Waals surface area contributed by atoms with Crippen molar-refractivity contribution in [2.24, 2.45) is 0 Å². The molecule has 0 aliphatic carbocycles. The zero-order chi connectivity index (χ0) is 25.3. The second-order valence-corrected chi connectivity index (χ2v) is 10.4. The molecule has 0 spiro atoms. The van der Waals surface area contributed by atoms with Gasteiger partial charge in [-0.15, -0.1) is 0 Å². The van der Waals surface area contributed by atoms with Crippen molar-refractivity contribution in [1.82, 2.24) is 29.2 Å². The normalized spacial score (nSPS) is 12.6. The first-order chi connectivity index (χ1) is 17.3. The molecule has 10 nitrogen and oxygen atoms in total. The van der Waals surface area contributed by atoms with Gasteiger partial charge in [-0.3, -0.25) is 4.79 Å². The van der Waals surface area contributed by atoms with Gasteiger partial charge in [-0.25, -0.2) is 23.1 Å². The predicted molar refractivity (Wildman–Crippen MR) is 140 cm³/mol. The number of hydrogen-bond acceptors (Lipinski definition) is 6. The summed E-state index contributed by atoms with van der Waals surface area (Å²) in [7, 11) is -3.42. The quantitative estimate of drug-likeness (QED) is 0.257. The molecule has 0 saturated heterocycles. The number of nitrogens with zero attached hydrogens (tertiary/aromatic N) is 3. The van der Waals surface area contributed by atoms with Crippen LogP contribution in [0.4, 0.5) is 5.69 Å². The molecule has 4 N–H and O–H groups in total. The molecule has 1 atom stereocenters. The Kier molecular flexibility index (Phi) is 6.17. The summed E-state index contributed by atoms with van der Waals surface area (Å²) in [6.07, 6.45) is 7.95. The largest absolute Gasteiger partial charge is 0.376 e. The number of nitrogens with one attached hydrogen (secondary N) is 4. The van der Waals surface area contributed by atoms with Gasteiger partial charge < -0.3 is 19.9 Å². The van der Waals surface area contributed by atoms with E-state index < -0.39 is 16.1 Å². The maximum Gasteiger partial charge on any atom is 0.261 e. The summed E-state index contributed by atoms with van der Waals surface area (Å²) in [5.74, 6) is 0.406. The number of rotatable bonds is 8. The summed E-state index contributed by atoms with van der Waals surface area (Å²) in [5.41, 5.74) is 4.79. The van der Waals surface area contributed by atoms with Gasteiger partial charge in [0.1, 0.15) is 11.4 Å². The van der Waals surface area contributed by atoms with E-state index in [1.165, 1.54) is 0 Å². The van der Waals surface area contributed by atoms with E-state index in [0.29, 0.717) is 17.1 Å². The predicted octanol–water partition coefficient (Wildman–Crippen LogP) is 3.11. The highest BCUT2D eigenvalue weighted by atomic mass is 32.2. The third kappa shape index (κ3) is 4.92. The minimum atomic E-state index is -3.42. The Morgan fingerprint density at radius 1 is 1.14 bits per heavy atom. The number of hydrogen-bond donors (Lipinski definition) is 4. The molecule has 11 heteroatoms. The molecule has 0 bridgehead atoms. The van der Waals surface area contributed by atoms with Crippen LogP contribution in [-0.2, 0) is 10.0 Å². The maximum absolute atomic E-state index is 13.0. The number of imidazole rings is 2. The van der Waals surface area contributed by atoms with Crippen molar-refractivity contribution in [1.29, 1.82) is 0 Å². The van der Waals surface area contributed by atoms with Crippen molar-refractivity contribution in [2.75, 3.05) is 18.1 Å². The summed E-state index contributed by atoms with van der Waals surface area (Å²) < 4.78 is 28.0. The molecule has 0 radical (unpaired) electrons. The van der Waals surface area contributed by atoms with Crippen molar-refractivity contribution in [2.45, 2.75) is 13.0 Å². The third-order valence-electron chi connectivity index (χ3n) is 5.84. The Hall–Kier alpha value is -4.22. The van der Waals surface area contributed by atoms with Gasteiger partial charge in [0.25, 0.3) is 5.56 Å². The molecule has 0 aliphatic heterocycles. The van der Waals surface area contributed by atoms with Crippen LogP contribution in [-0.4, -0.2) is 45.7 Å². The zero-order valence-electron chi connectivity index (χ0n) is 19.7. The first kappa shape index (κ1) is 23.5. The molecule has 5 aromatic rings. The van der Waals surface area contributed by atoms with E-state index in [1.54, 1.807) is 24.8 Å². The smallest absolute Gasteiger partial charge is 0.261 e. The van der Waals surface area contributed by atoms with Gasteiger partial charge in [0.2, 0.25) is 10.0 Å². The highest BCUT2D eigenvalue weighted by molar-refractivity contribution is 7.88. The Bertz CT molecular complexity index is 1670. The number of pyridine rings is 1. The summed E-state index contributed by atoms with van der Waals surface area (Å²) in [4.78, 5) is 27.9. The highest BCUT2D eigenvalue weighted by Gasteiger charge is 2.20. The topological polar surface area (TPSA) is 138 Å². The summed E-state index contributed by atoms with van der Waals surface area (Å²) in [6, 6.07) is 14.7. The number of aryl methyl sites for hydroxylation is 1. The lowest BCUT2D eigenvalue weighted by atomic mass is 10.1. The van der Waals surface area contributed by atoms with E-state index in [1.807, 2.05) is 60.2 Å². The number of anilines is 1. The van der Waals surface area contributed by atoms with E-state index in [9.17, 15) is 13.2 Å². The molecule has 3 aromatic heterocycles. The average molecular weight is 504 g/mol. The Morgan fingerprint density at radius 2 is 1.94 bits per heavy atom. The second kappa shape index (κ2) is 9.44. The third-order valence-corrected chi connectivity index (χ3v) is 6.53. The Morgan fingerprint density at radius 3 is 2.67 bits per heavy atom. The molecule has 0 amide bonds. The van der Waals surface area contributed by atoms with E-state index in [-0.39, 0.29) is 12.1 Å². The average Bonchev–Trinajstić information content (AvgIpc) is 3.52. The van der Waals surface area contributed by atoms with Gasteiger partial charge in [-0.2, -0.15) is 0 Å². The van der Waals surface area contributed by atoms with Crippen LogP contribution in [0, 0.1) is 6.92 Å². The lowest BCUT2D eigenvalue weighted by Crippen LogP contribution is -2.31. The number of fused-ring (bicyclic) bond motifs is 1. The van der Waals surface area contributed by atoms with Crippen LogP contribution in [0.15, 0.2) is 78.2 Å². The van der Waals surface area contributed by atoms with Crippen LogP contribution >= 0.6 is 0 Å². The molecule has 36 heavy (non-hydrogen) atoms. The molecule has 1 unspecified atom stereocenters. The zero-order valence-corrected chi connectivity index (χ0v) is 20.5. The molecular weight excluding hydrogens is 478 g/mol. The first-order valence-corrected chi connectivity index (χ1v) is 13.1. The van der Waals surface area contributed by atoms with Crippen molar-refractivity contribution in [3.05, 3.63) is 94.9 Å². The van der Waals surface area contributed by atoms with Crippen LogP contribution in [0.5, 0.6) is 0 Å². The van der Waals surface area contributed by atoms with E-state index in [4.69, 9.17) is 4.98 Å². The van der Waals surface area contributed by atoms with Crippen LogP contribution in [0.2, 0.25) is 0 Å². The molecular formula is C25H25N7O3S. The SMILES string of the molecule is Cc1cc(-n2ccnc2)cc2[nH]c(-c3c(NC(CNS(C)(=O)=O)c4ccccc4)cc[nH]c3=O)nc12. The van der Waals surface area contributed by atoms with Gasteiger partial charge in [-0.05, 0) is 36.2 Å². The number of sulfonamides is 1. The number of benzene rings is 2. The maximum atomic E-state index is 13.0. The molecule has 184 valence electrons. The van der Waals surface area contributed by atoms with Gasteiger partial charge in [-0.1, -0.05) is 30.3 Å². The Labute approximate surface area is 207 Å². The summed E-state index contributed by atoms with van der Waals surface area (Å²) in [6.45, 7) is 2.06. The van der Waals surface area contributed by atoms with E-state index in [2.05, 4.69) is 25.0 Å². The summed E-state index contributed by atoms with van der Waals surface area (Å²) >= 11 is 0. The van der Waals surface area contributed by atoms with Gasteiger partial charge >= 0.3 is 0 Å². The molecule has 0 saturated carbocycles.